The largest absolute Gasteiger partial charge is 0.390 e. The zero-order valence-electron chi connectivity index (χ0n) is 15.2. The van der Waals surface area contributed by atoms with Crippen LogP contribution in [0.1, 0.15) is 12.0 Å². The summed E-state index contributed by atoms with van der Waals surface area (Å²) in [4.78, 5) is 18.7. The molecule has 2 aromatic rings. The van der Waals surface area contributed by atoms with Crippen LogP contribution in [0.2, 0.25) is 0 Å². The number of aromatic nitrogens is 2. The van der Waals surface area contributed by atoms with E-state index in [4.69, 9.17) is 0 Å². The van der Waals surface area contributed by atoms with Crippen LogP contribution in [0.15, 0.2) is 42.7 Å². The molecule has 2 amide bonds. The first-order valence-corrected chi connectivity index (χ1v) is 8.98. The Hall–Kier alpha value is -2.38. The molecule has 0 bridgehead atoms. The van der Waals surface area contributed by atoms with Crippen LogP contribution in [0.25, 0.3) is 0 Å². The van der Waals surface area contributed by atoms with Crippen molar-refractivity contribution in [3.8, 4) is 0 Å². The molecule has 2 aliphatic heterocycles. The van der Waals surface area contributed by atoms with E-state index < -0.39 is 11.6 Å². The third-order valence-electron chi connectivity index (χ3n) is 5.49. The number of aryl methyl sites for hydroxylation is 1. The third-order valence-corrected chi connectivity index (χ3v) is 5.49. The number of benzene rings is 1. The lowest BCUT2D eigenvalue weighted by atomic mass is 9.84. The molecule has 1 spiro atoms. The number of anilines is 1. The number of para-hydroxylation sites is 1. The van der Waals surface area contributed by atoms with Gasteiger partial charge in [0.25, 0.3) is 0 Å². The van der Waals surface area contributed by atoms with E-state index in [1.54, 1.807) is 21.5 Å². The molecule has 138 valence electrons. The molecule has 2 aliphatic rings. The van der Waals surface area contributed by atoms with Gasteiger partial charge in [-0.2, -0.15) is 5.10 Å². The number of amides is 2. The van der Waals surface area contributed by atoms with Crippen LogP contribution in [-0.2, 0) is 13.6 Å². The number of rotatable bonds is 3. The number of aliphatic hydroxyl groups excluding tert-OH is 1. The zero-order valence-corrected chi connectivity index (χ0v) is 15.2. The van der Waals surface area contributed by atoms with E-state index in [0.717, 1.165) is 24.3 Å². The van der Waals surface area contributed by atoms with E-state index in [9.17, 15) is 9.90 Å². The number of aliphatic hydroxyl groups is 1. The van der Waals surface area contributed by atoms with Gasteiger partial charge < -0.3 is 10.0 Å². The summed E-state index contributed by atoms with van der Waals surface area (Å²) in [5.41, 5.74) is 1.35. The fraction of sp³-hybridized carbons (Fsp3) is 0.474. The minimum absolute atomic E-state index is 0.0570. The van der Waals surface area contributed by atoms with Gasteiger partial charge in [0.05, 0.1) is 12.3 Å². The van der Waals surface area contributed by atoms with Crippen molar-refractivity contribution < 1.29 is 9.90 Å². The summed E-state index contributed by atoms with van der Waals surface area (Å²) in [5, 5.41) is 15.2. The van der Waals surface area contributed by atoms with Crippen molar-refractivity contribution in [3.05, 3.63) is 48.3 Å². The van der Waals surface area contributed by atoms with Gasteiger partial charge in [-0.25, -0.2) is 4.79 Å². The molecule has 2 saturated heterocycles. The molecule has 0 saturated carbocycles. The van der Waals surface area contributed by atoms with Crippen molar-refractivity contribution in [2.45, 2.75) is 24.6 Å². The number of carbonyl (C=O) groups is 1. The average Bonchev–Trinajstić information content (AvgIpc) is 3.14. The van der Waals surface area contributed by atoms with Gasteiger partial charge >= 0.3 is 6.03 Å². The second-order valence-electron chi connectivity index (χ2n) is 7.45. The molecule has 0 unspecified atom stereocenters. The average molecular weight is 355 g/mol. The Balaban J connectivity index is 1.65. The minimum atomic E-state index is -0.631. The first-order chi connectivity index (χ1) is 12.5. The maximum Gasteiger partial charge on any atom is 0.325 e. The summed E-state index contributed by atoms with van der Waals surface area (Å²) in [7, 11) is 3.71. The standard InChI is InChI=1S/C19H25N5O2/c1-21-13-19(24(18(21)26)16-6-4-3-5-7-16)14-23(9-8-17(19)25)12-15-10-20-22(2)11-15/h3-7,10-11,17,25H,8-9,12-14H2,1-2H3/t17-,19-/m0/s1. The molecule has 3 heterocycles. The van der Waals surface area contributed by atoms with E-state index in [1.807, 2.05) is 49.8 Å². The molecule has 7 nitrogen and oxygen atoms in total. The predicted molar refractivity (Wildman–Crippen MR) is 98.8 cm³/mol. The molecule has 1 aromatic carbocycles. The lowest BCUT2D eigenvalue weighted by Gasteiger charge is -2.47. The smallest absolute Gasteiger partial charge is 0.325 e. The van der Waals surface area contributed by atoms with Gasteiger partial charge in [0, 0.05) is 57.7 Å². The van der Waals surface area contributed by atoms with Crippen LogP contribution >= 0.6 is 0 Å². The van der Waals surface area contributed by atoms with Crippen LogP contribution in [0, 0.1) is 0 Å². The number of likely N-dealkylation sites (tertiary alicyclic amines) is 1. The minimum Gasteiger partial charge on any atom is -0.390 e. The molecular weight excluding hydrogens is 330 g/mol. The zero-order chi connectivity index (χ0) is 18.3. The van der Waals surface area contributed by atoms with Crippen LogP contribution in [-0.4, -0.2) is 69.0 Å². The quantitative estimate of drug-likeness (QED) is 0.901. The first kappa shape index (κ1) is 17.1. The Morgan fingerprint density at radius 2 is 2.00 bits per heavy atom. The van der Waals surface area contributed by atoms with Gasteiger partial charge in [-0.3, -0.25) is 14.5 Å². The Labute approximate surface area is 153 Å². The fourth-order valence-electron chi connectivity index (χ4n) is 4.32. The van der Waals surface area contributed by atoms with Crippen LogP contribution in [0.3, 0.4) is 0 Å². The van der Waals surface area contributed by atoms with Crippen molar-refractivity contribution in [2.75, 3.05) is 31.6 Å². The van der Waals surface area contributed by atoms with Crippen LogP contribution < -0.4 is 4.90 Å². The number of likely N-dealkylation sites (N-methyl/N-ethyl adjacent to an activating group) is 1. The molecule has 7 heteroatoms. The number of hydrogen-bond donors (Lipinski definition) is 1. The van der Waals surface area contributed by atoms with E-state index in [-0.39, 0.29) is 6.03 Å². The van der Waals surface area contributed by atoms with Crippen LogP contribution in [0.5, 0.6) is 0 Å². The van der Waals surface area contributed by atoms with Crippen molar-refractivity contribution in [3.63, 3.8) is 0 Å². The van der Waals surface area contributed by atoms with Crippen molar-refractivity contribution in [1.82, 2.24) is 19.6 Å². The van der Waals surface area contributed by atoms with Gasteiger partial charge in [-0.15, -0.1) is 0 Å². The highest BCUT2D eigenvalue weighted by Crippen LogP contribution is 2.38. The van der Waals surface area contributed by atoms with Crippen molar-refractivity contribution >= 4 is 11.7 Å². The molecular formula is C19H25N5O2. The number of urea groups is 1. The SMILES string of the molecule is CN1C[C@@]2(CN(Cc3cnn(C)c3)CC[C@@H]2O)N(c2ccccc2)C1=O. The predicted octanol–water partition coefficient (Wildman–Crippen LogP) is 1.30. The lowest BCUT2D eigenvalue weighted by Crippen LogP contribution is -2.65. The molecule has 2 atom stereocenters. The second-order valence-corrected chi connectivity index (χ2v) is 7.45. The highest BCUT2D eigenvalue weighted by Gasteiger charge is 2.55. The van der Waals surface area contributed by atoms with Crippen LogP contribution in [0.4, 0.5) is 10.5 Å². The number of piperidine rings is 1. The van der Waals surface area contributed by atoms with E-state index in [2.05, 4.69) is 10.00 Å². The lowest BCUT2D eigenvalue weighted by molar-refractivity contribution is 0.00785. The molecule has 0 radical (unpaired) electrons. The van der Waals surface area contributed by atoms with Crippen molar-refractivity contribution in [2.24, 2.45) is 7.05 Å². The van der Waals surface area contributed by atoms with E-state index in [0.29, 0.717) is 19.5 Å². The molecule has 26 heavy (non-hydrogen) atoms. The summed E-state index contributed by atoms with van der Waals surface area (Å²) in [6.45, 7) is 2.72. The summed E-state index contributed by atoms with van der Waals surface area (Å²) in [6, 6.07) is 9.61. The second kappa shape index (κ2) is 6.41. The highest BCUT2D eigenvalue weighted by atomic mass is 16.3. The highest BCUT2D eigenvalue weighted by molar-refractivity contribution is 5.96. The van der Waals surface area contributed by atoms with E-state index in [1.165, 1.54) is 0 Å². The Morgan fingerprint density at radius 1 is 1.23 bits per heavy atom. The normalized spacial score (nSPS) is 26.9. The molecule has 1 N–H and O–H groups in total. The number of carbonyl (C=O) groups excluding carboxylic acids is 1. The van der Waals surface area contributed by atoms with Gasteiger partial charge in [-0.1, -0.05) is 18.2 Å². The summed E-state index contributed by atoms with van der Waals surface area (Å²) < 4.78 is 1.80. The maximum absolute atomic E-state index is 12.9. The monoisotopic (exact) mass is 355 g/mol. The van der Waals surface area contributed by atoms with Crippen molar-refractivity contribution in [1.29, 1.82) is 0 Å². The molecule has 4 rings (SSSR count). The Morgan fingerprint density at radius 3 is 2.69 bits per heavy atom. The van der Waals surface area contributed by atoms with Gasteiger partial charge in [0.2, 0.25) is 0 Å². The topological polar surface area (TPSA) is 64.8 Å². The van der Waals surface area contributed by atoms with Gasteiger partial charge in [0.1, 0.15) is 5.54 Å². The summed E-state index contributed by atoms with van der Waals surface area (Å²) >= 11 is 0. The number of hydrogen-bond acceptors (Lipinski definition) is 4. The summed E-state index contributed by atoms with van der Waals surface area (Å²) in [6.07, 6.45) is 3.98. The third kappa shape index (κ3) is 2.77. The van der Waals surface area contributed by atoms with Gasteiger partial charge in [0.15, 0.2) is 0 Å². The fourth-order valence-corrected chi connectivity index (χ4v) is 4.32. The van der Waals surface area contributed by atoms with Gasteiger partial charge in [-0.05, 0) is 18.6 Å². The van der Waals surface area contributed by atoms with E-state index >= 15 is 0 Å². The first-order valence-electron chi connectivity index (χ1n) is 8.98. The molecule has 0 aliphatic carbocycles. The maximum atomic E-state index is 12.9. The Bertz CT molecular complexity index is 792. The Kier molecular flexibility index (Phi) is 4.20. The number of nitrogens with zero attached hydrogens (tertiary/aromatic N) is 5. The summed E-state index contributed by atoms with van der Waals surface area (Å²) in [5.74, 6) is 0. The molecule has 1 aromatic heterocycles. The molecule has 2 fully saturated rings.